The molecule has 1 aromatic carbocycles. The molecule has 1 fully saturated rings. The first-order valence-electron chi connectivity index (χ1n) is 7.21. The first kappa shape index (κ1) is 14.2. The number of hydrogen-bond acceptors (Lipinski definition) is 4. The molecule has 2 rings (SSSR count). The molecule has 0 unspecified atom stereocenters. The fourth-order valence-corrected chi connectivity index (χ4v) is 2.49. The number of hydrogen-bond donors (Lipinski definition) is 1. The summed E-state index contributed by atoms with van der Waals surface area (Å²) < 4.78 is 5.38. The van der Waals surface area contributed by atoms with Gasteiger partial charge in [0.2, 0.25) is 0 Å². The predicted octanol–water partition coefficient (Wildman–Crippen LogP) is 1.82. The second kappa shape index (κ2) is 7.36. The summed E-state index contributed by atoms with van der Waals surface area (Å²) in [6, 6.07) is 8.14. The van der Waals surface area contributed by atoms with Crippen molar-refractivity contribution in [3.8, 4) is 0 Å². The van der Waals surface area contributed by atoms with Crippen LogP contribution in [0.3, 0.4) is 0 Å². The van der Waals surface area contributed by atoms with E-state index in [1.54, 1.807) is 0 Å². The maximum absolute atomic E-state index is 6.09. The molecule has 0 saturated carbocycles. The molecule has 0 bridgehead atoms. The molecule has 106 valence electrons. The van der Waals surface area contributed by atoms with Crippen LogP contribution in [0.2, 0.25) is 0 Å². The van der Waals surface area contributed by atoms with E-state index < -0.39 is 0 Å². The van der Waals surface area contributed by atoms with Crippen LogP contribution in [0.25, 0.3) is 0 Å². The molecule has 1 aliphatic heterocycles. The summed E-state index contributed by atoms with van der Waals surface area (Å²) in [5.41, 5.74) is 8.12. The van der Waals surface area contributed by atoms with E-state index in [9.17, 15) is 0 Å². The lowest BCUT2D eigenvalue weighted by molar-refractivity contribution is 0.0392. The van der Waals surface area contributed by atoms with Crippen molar-refractivity contribution in [2.75, 3.05) is 56.6 Å². The quantitative estimate of drug-likeness (QED) is 0.795. The number of nitrogens with zero attached hydrogens (tertiary/aromatic N) is 2. The van der Waals surface area contributed by atoms with E-state index in [2.05, 4.69) is 28.9 Å². The smallest absolute Gasteiger partial charge is 0.0600 e. The lowest BCUT2D eigenvalue weighted by atomic mass is 10.2. The fourth-order valence-electron chi connectivity index (χ4n) is 2.49. The van der Waals surface area contributed by atoms with E-state index in [1.807, 2.05) is 12.1 Å². The molecule has 4 nitrogen and oxygen atoms in total. The number of rotatable bonds is 6. The molecular formula is C15H25N3O. The first-order chi connectivity index (χ1) is 9.31. The summed E-state index contributed by atoms with van der Waals surface area (Å²) in [6.07, 6.45) is 1.14. The van der Waals surface area contributed by atoms with Gasteiger partial charge in [0, 0.05) is 32.7 Å². The minimum absolute atomic E-state index is 0.862. The van der Waals surface area contributed by atoms with E-state index >= 15 is 0 Å². The van der Waals surface area contributed by atoms with Gasteiger partial charge in [-0.1, -0.05) is 19.1 Å². The van der Waals surface area contributed by atoms with Gasteiger partial charge in [-0.15, -0.1) is 0 Å². The molecule has 19 heavy (non-hydrogen) atoms. The van der Waals surface area contributed by atoms with Gasteiger partial charge in [-0.2, -0.15) is 0 Å². The van der Waals surface area contributed by atoms with E-state index in [1.165, 1.54) is 0 Å². The van der Waals surface area contributed by atoms with Gasteiger partial charge in [-0.25, -0.2) is 0 Å². The van der Waals surface area contributed by atoms with Gasteiger partial charge in [0.05, 0.1) is 24.6 Å². The lowest BCUT2D eigenvalue weighted by Gasteiger charge is -2.31. The molecule has 0 radical (unpaired) electrons. The lowest BCUT2D eigenvalue weighted by Crippen LogP contribution is -2.41. The molecule has 1 aromatic rings. The van der Waals surface area contributed by atoms with Gasteiger partial charge in [0.1, 0.15) is 0 Å². The van der Waals surface area contributed by atoms with Crippen LogP contribution in [-0.2, 0) is 4.74 Å². The number of para-hydroxylation sites is 2. The number of anilines is 2. The van der Waals surface area contributed by atoms with Crippen LogP contribution in [0.5, 0.6) is 0 Å². The fraction of sp³-hybridized carbons (Fsp3) is 0.600. The van der Waals surface area contributed by atoms with Gasteiger partial charge < -0.3 is 15.4 Å². The predicted molar refractivity (Wildman–Crippen MR) is 80.6 cm³/mol. The highest BCUT2D eigenvalue weighted by atomic mass is 16.5. The Morgan fingerprint density at radius 3 is 2.63 bits per heavy atom. The maximum Gasteiger partial charge on any atom is 0.0600 e. The largest absolute Gasteiger partial charge is 0.397 e. The van der Waals surface area contributed by atoms with E-state index in [0.29, 0.717) is 0 Å². The molecule has 0 aromatic heterocycles. The Morgan fingerprint density at radius 1 is 1.21 bits per heavy atom. The number of benzene rings is 1. The maximum atomic E-state index is 6.09. The molecule has 1 aliphatic rings. The number of nitrogens with two attached hydrogens (primary N) is 1. The Bertz CT molecular complexity index is 377. The van der Waals surface area contributed by atoms with E-state index in [-0.39, 0.29) is 0 Å². The average Bonchev–Trinajstić information content (AvgIpc) is 2.45. The first-order valence-corrected chi connectivity index (χ1v) is 7.21. The molecule has 2 N–H and O–H groups in total. The minimum atomic E-state index is 0.862. The molecule has 0 amide bonds. The third kappa shape index (κ3) is 4.11. The summed E-state index contributed by atoms with van der Waals surface area (Å²) in [5, 5.41) is 0. The van der Waals surface area contributed by atoms with Crippen LogP contribution >= 0.6 is 0 Å². The van der Waals surface area contributed by atoms with Crippen LogP contribution in [-0.4, -0.2) is 50.8 Å². The molecule has 0 atom stereocenters. The van der Waals surface area contributed by atoms with Crippen molar-refractivity contribution in [2.45, 2.75) is 13.3 Å². The summed E-state index contributed by atoms with van der Waals surface area (Å²) in [6.45, 7) is 9.19. The van der Waals surface area contributed by atoms with Crippen molar-refractivity contribution in [2.24, 2.45) is 0 Å². The van der Waals surface area contributed by atoms with Crippen molar-refractivity contribution in [3.63, 3.8) is 0 Å². The normalized spacial score (nSPS) is 16.5. The second-order valence-electron chi connectivity index (χ2n) is 5.00. The van der Waals surface area contributed by atoms with Crippen molar-refractivity contribution in [1.82, 2.24) is 4.90 Å². The average molecular weight is 263 g/mol. The summed E-state index contributed by atoms with van der Waals surface area (Å²) in [4.78, 5) is 4.86. The Balaban J connectivity index is 1.94. The topological polar surface area (TPSA) is 41.7 Å². The Kier molecular flexibility index (Phi) is 5.48. The van der Waals surface area contributed by atoms with Gasteiger partial charge in [0.25, 0.3) is 0 Å². The molecule has 0 aliphatic carbocycles. The molecule has 1 saturated heterocycles. The molecule has 1 heterocycles. The Hall–Kier alpha value is -1.26. The Morgan fingerprint density at radius 2 is 1.95 bits per heavy atom. The summed E-state index contributed by atoms with van der Waals surface area (Å²) in [7, 11) is 0. The van der Waals surface area contributed by atoms with E-state index in [0.717, 1.165) is 63.7 Å². The van der Waals surface area contributed by atoms with Crippen LogP contribution < -0.4 is 10.6 Å². The molecule has 0 spiro atoms. The van der Waals surface area contributed by atoms with Gasteiger partial charge in [-0.3, -0.25) is 4.90 Å². The third-order valence-corrected chi connectivity index (χ3v) is 3.56. The standard InChI is InChI=1S/C15H25N3O/c1-2-7-18(15-6-4-3-5-14(15)16)9-8-17-10-12-19-13-11-17/h3-6H,2,7-13,16H2,1H3. The van der Waals surface area contributed by atoms with Crippen molar-refractivity contribution < 1.29 is 4.74 Å². The SMILES string of the molecule is CCCN(CCN1CCOCC1)c1ccccc1N. The zero-order valence-corrected chi connectivity index (χ0v) is 11.8. The third-order valence-electron chi connectivity index (χ3n) is 3.56. The van der Waals surface area contributed by atoms with Gasteiger partial charge >= 0.3 is 0 Å². The highest BCUT2D eigenvalue weighted by Crippen LogP contribution is 2.22. The number of morpholine rings is 1. The zero-order chi connectivity index (χ0) is 13.5. The van der Waals surface area contributed by atoms with Crippen LogP contribution in [0, 0.1) is 0 Å². The van der Waals surface area contributed by atoms with Crippen LogP contribution in [0.15, 0.2) is 24.3 Å². The highest BCUT2D eigenvalue weighted by molar-refractivity contribution is 5.67. The number of ether oxygens (including phenoxy) is 1. The van der Waals surface area contributed by atoms with Crippen molar-refractivity contribution in [3.05, 3.63) is 24.3 Å². The molecule has 4 heteroatoms. The van der Waals surface area contributed by atoms with Gasteiger partial charge in [0.15, 0.2) is 0 Å². The summed E-state index contributed by atoms with van der Waals surface area (Å²) in [5.74, 6) is 0. The molecular weight excluding hydrogens is 238 g/mol. The van der Waals surface area contributed by atoms with Crippen LogP contribution in [0.1, 0.15) is 13.3 Å². The monoisotopic (exact) mass is 263 g/mol. The zero-order valence-electron chi connectivity index (χ0n) is 11.8. The van der Waals surface area contributed by atoms with Crippen LogP contribution in [0.4, 0.5) is 11.4 Å². The van der Waals surface area contributed by atoms with Gasteiger partial charge in [-0.05, 0) is 18.6 Å². The van der Waals surface area contributed by atoms with Crippen molar-refractivity contribution >= 4 is 11.4 Å². The summed E-state index contributed by atoms with van der Waals surface area (Å²) >= 11 is 0. The Labute approximate surface area is 116 Å². The second-order valence-corrected chi connectivity index (χ2v) is 5.00. The van der Waals surface area contributed by atoms with Crippen molar-refractivity contribution in [1.29, 1.82) is 0 Å². The van der Waals surface area contributed by atoms with E-state index in [4.69, 9.17) is 10.5 Å². The number of nitrogen functional groups attached to an aromatic ring is 1. The minimum Gasteiger partial charge on any atom is -0.397 e. The highest BCUT2D eigenvalue weighted by Gasteiger charge is 2.13.